The van der Waals surface area contributed by atoms with Crippen molar-refractivity contribution in [1.82, 2.24) is 10.6 Å². The summed E-state index contributed by atoms with van der Waals surface area (Å²) < 4.78 is 18.1. The molecular formula is C24H34IN3O2S. The Hall–Kier alpha value is -1.61. The minimum atomic E-state index is -0.720. The van der Waals surface area contributed by atoms with Crippen molar-refractivity contribution in [2.75, 3.05) is 12.8 Å². The van der Waals surface area contributed by atoms with Crippen LogP contribution in [-0.2, 0) is 24.0 Å². The van der Waals surface area contributed by atoms with Crippen LogP contribution in [0, 0.1) is 0 Å². The highest BCUT2D eigenvalue weighted by atomic mass is 127. The summed E-state index contributed by atoms with van der Waals surface area (Å²) in [7, 11) is 1.08. The van der Waals surface area contributed by atoms with Crippen molar-refractivity contribution in [2.45, 2.75) is 57.1 Å². The van der Waals surface area contributed by atoms with Crippen LogP contribution in [0.4, 0.5) is 0 Å². The molecule has 0 spiro atoms. The summed E-state index contributed by atoms with van der Waals surface area (Å²) >= 11 is 0. The van der Waals surface area contributed by atoms with Crippen LogP contribution in [0.5, 0.6) is 5.75 Å². The molecule has 0 bridgehead atoms. The Morgan fingerprint density at radius 2 is 1.81 bits per heavy atom. The van der Waals surface area contributed by atoms with E-state index in [0.29, 0.717) is 24.4 Å². The molecule has 3 atom stereocenters. The number of benzene rings is 2. The molecule has 31 heavy (non-hydrogen) atoms. The van der Waals surface area contributed by atoms with Gasteiger partial charge in [0.25, 0.3) is 0 Å². The molecule has 0 radical (unpaired) electrons. The number of hydrogen-bond donors (Lipinski definition) is 2. The van der Waals surface area contributed by atoms with Gasteiger partial charge in [0.1, 0.15) is 12.4 Å². The van der Waals surface area contributed by atoms with Crippen molar-refractivity contribution in [2.24, 2.45) is 4.99 Å². The molecule has 2 aromatic carbocycles. The van der Waals surface area contributed by atoms with Gasteiger partial charge < -0.3 is 15.4 Å². The first-order valence-electron chi connectivity index (χ1n) is 10.8. The number of rotatable bonds is 8. The Balaban J connectivity index is 0.00000341. The predicted molar refractivity (Wildman–Crippen MR) is 141 cm³/mol. The SMILES string of the molecule is CCS(=O)C1CCCC(NC(=NC)NCc2ccccc2COc2ccccc2)C1.I. The fraction of sp³-hybridized carbons (Fsp3) is 0.458. The largest absolute Gasteiger partial charge is 0.489 e. The number of guanidine groups is 1. The fourth-order valence-electron chi connectivity index (χ4n) is 3.87. The van der Waals surface area contributed by atoms with Gasteiger partial charge in [0.05, 0.1) is 0 Å². The van der Waals surface area contributed by atoms with Gasteiger partial charge in [0.15, 0.2) is 5.96 Å². The van der Waals surface area contributed by atoms with Crippen LogP contribution in [0.15, 0.2) is 59.6 Å². The van der Waals surface area contributed by atoms with Crippen LogP contribution >= 0.6 is 24.0 Å². The predicted octanol–water partition coefficient (Wildman–Crippen LogP) is 4.63. The lowest BCUT2D eigenvalue weighted by Crippen LogP contribution is -2.46. The summed E-state index contributed by atoms with van der Waals surface area (Å²) in [5.74, 6) is 2.41. The number of aliphatic imine (C=N–C) groups is 1. The average Bonchev–Trinajstić information content (AvgIpc) is 2.81. The van der Waals surface area contributed by atoms with Crippen molar-refractivity contribution < 1.29 is 8.95 Å². The topological polar surface area (TPSA) is 62.7 Å². The molecule has 7 heteroatoms. The standard InChI is InChI=1S/C24H33N3O2S.HI/c1-3-30(28)23-15-9-12-21(16-23)27-24(25-2)26-17-19-10-7-8-11-20(19)18-29-22-13-5-4-6-14-22;/h4-8,10-11,13-14,21,23H,3,9,12,15-18H2,1-2H3,(H2,25,26,27);1H. The summed E-state index contributed by atoms with van der Waals surface area (Å²) in [6.07, 6.45) is 4.23. The Morgan fingerprint density at radius 1 is 1.10 bits per heavy atom. The molecule has 0 amide bonds. The number of nitrogens with zero attached hydrogens (tertiary/aromatic N) is 1. The van der Waals surface area contributed by atoms with E-state index in [1.54, 1.807) is 7.05 Å². The second-order valence-corrected chi connectivity index (χ2v) is 9.60. The Labute approximate surface area is 205 Å². The first kappa shape index (κ1) is 25.6. The number of nitrogens with one attached hydrogen (secondary N) is 2. The lowest BCUT2D eigenvalue weighted by Gasteiger charge is -2.30. The molecule has 3 unspecified atom stereocenters. The van der Waals surface area contributed by atoms with Crippen molar-refractivity contribution in [1.29, 1.82) is 0 Å². The van der Waals surface area contributed by atoms with Crippen LogP contribution < -0.4 is 15.4 Å². The maximum atomic E-state index is 12.2. The third kappa shape index (κ3) is 8.11. The van der Waals surface area contributed by atoms with E-state index in [1.807, 2.05) is 49.4 Å². The zero-order valence-corrected chi connectivity index (χ0v) is 21.5. The minimum Gasteiger partial charge on any atom is -0.489 e. The van der Waals surface area contributed by atoms with Crippen molar-refractivity contribution in [3.8, 4) is 5.75 Å². The van der Waals surface area contributed by atoms with Gasteiger partial charge in [-0.25, -0.2) is 0 Å². The van der Waals surface area contributed by atoms with Crippen LogP contribution in [0.25, 0.3) is 0 Å². The zero-order valence-electron chi connectivity index (χ0n) is 18.4. The van der Waals surface area contributed by atoms with Gasteiger partial charge >= 0.3 is 0 Å². The summed E-state index contributed by atoms with van der Waals surface area (Å²) in [5.41, 5.74) is 2.34. The number of ether oxygens (including phenoxy) is 1. The third-order valence-corrected chi connectivity index (χ3v) is 7.29. The second kappa shape index (κ2) is 13.7. The number of hydrogen-bond acceptors (Lipinski definition) is 3. The van der Waals surface area contributed by atoms with E-state index in [2.05, 4.69) is 27.8 Å². The first-order chi connectivity index (χ1) is 14.7. The molecule has 1 fully saturated rings. The molecule has 170 valence electrons. The molecule has 1 aliphatic carbocycles. The monoisotopic (exact) mass is 555 g/mol. The molecule has 2 N–H and O–H groups in total. The molecule has 5 nitrogen and oxygen atoms in total. The normalized spacial score (nSPS) is 19.7. The number of para-hydroxylation sites is 1. The van der Waals surface area contributed by atoms with Gasteiger partial charge in [0.2, 0.25) is 0 Å². The third-order valence-electron chi connectivity index (χ3n) is 5.55. The quantitative estimate of drug-likeness (QED) is 0.284. The van der Waals surface area contributed by atoms with Gasteiger partial charge in [-0.3, -0.25) is 9.20 Å². The Kier molecular flexibility index (Phi) is 11.4. The van der Waals surface area contributed by atoms with E-state index >= 15 is 0 Å². The molecule has 0 aliphatic heterocycles. The Bertz CT molecular complexity index is 848. The molecule has 0 aromatic heterocycles. The summed E-state index contributed by atoms with van der Waals surface area (Å²) in [6.45, 7) is 3.21. The lowest BCUT2D eigenvalue weighted by atomic mass is 9.95. The zero-order chi connectivity index (χ0) is 21.2. The van der Waals surface area contributed by atoms with Gasteiger partial charge in [-0.05, 0) is 42.5 Å². The smallest absolute Gasteiger partial charge is 0.191 e. The van der Waals surface area contributed by atoms with Crippen LogP contribution in [0.3, 0.4) is 0 Å². The van der Waals surface area contributed by atoms with Gasteiger partial charge in [0, 0.05) is 41.4 Å². The Morgan fingerprint density at radius 3 is 2.52 bits per heavy atom. The van der Waals surface area contributed by atoms with E-state index in [4.69, 9.17) is 4.74 Å². The molecule has 3 rings (SSSR count). The summed E-state index contributed by atoms with van der Waals surface area (Å²) in [4.78, 5) is 4.40. The van der Waals surface area contributed by atoms with Gasteiger partial charge in [-0.15, -0.1) is 24.0 Å². The lowest BCUT2D eigenvalue weighted by molar-refractivity contribution is 0.305. The summed E-state index contributed by atoms with van der Waals surface area (Å²) in [5, 5.41) is 7.27. The summed E-state index contributed by atoms with van der Waals surface area (Å²) in [6, 6.07) is 18.5. The van der Waals surface area contributed by atoms with Crippen LogP contribution in [0.1, 0.15) is 43.7 Å². The van der Waals surface area contributed by atoms with Gasteiger partial charge in [-0.2, -0.15) is 0 Å². The van der Waals surface area contributed by atoms with E-state index in [9.17, 15) is 4.21 Å². The van der Waals surface area contributed by atoms with E-state index < -0.39 is 10.8 Å². The van der Waals surface area contributed by atoms with Crippen LogP contribution in [-0.4, -0.2) is 34.3 Å². The number of halogens is 1. The first-order valence-corrected chi connectivity index (χ1v) is 12.2. The van der Waals surface area contributed by atoms with Crippen molar-refractivity contribution >= 4 is 40.7 Å². The highest BCUT2D eigenvalue weighted by molar-refractivity contribution is 14.0. The highest BCUT2D eigenvalue weighted by Crippen LogP contribution is 2.23. The second-order valence-electron chi connectivity index (χ2n) is 7.60. The maximum absolute atomic E-state index is 12.2. The van der Waals surface area contributed by atoms with Gasteiger partial charge in [-0.1, -0.05) is 55.8 Å². The molecule has 0 heterocycles. The van der Waals surface area contributed by atoms with E-state index in [-0.39, 0.29) is 24.0 Å². The molecule has 2 aromatic rings. The van der Waals surface area contributed by atoms with Crippen molar-refractivity contribution in [3.05, 3.63) is 65.7 Å². The van der Waals surface area contributed by atoms with E-state index in [1.165, 1.54) is 5.56 Å². The van der Waals surface area contributed by atoms with E-state index in [0.717, 1.165) is 48.7 Å². The average molecular weight is 556 g/mol. The van der Waals surface area contributed by atoms with Crippen LogP contribution in [0.2, 0.25) is 0 Å². The molecule has 1 saturated carbocycles. The fourth-order valence-corrected chi connectivity index (χ4v) is 5.21. The molecule has 0 saturated heterocycles. The van der Waals surface area contributed by atoms with Crippen molar-refractivity contribution in [3.63, 3.8) is 0 Å². The molecule has 1 aliphatic rings. The maximum Gasteiger partial charge on any atom is 0.191 e. The molecular weight excluding hydrogens is 521 g/mol. The minimum absolute atomic E-state index is 0. The highest BCUT2D eigenvalue weighted by Gasteiger charge is 2.26.